The van der Waals surface area contributed by atoms with Crippen LogP contribution in [-0.4, -0.2) is 5.11 Å². The summed E-state index contributed by atoms with van der Waals surface area (Å²) in [5.41, 5.74) is 2.98. The van der Waals surface area contributed by atoms with Crippen molar-refractivity contribution >= 4 is 11.6 Å². The van der Waals surface area contributed by atoms with Crippen LogP contribution in [0.25, 0.3) is 0 Å². The number of halogens is 1. The first kappa shape index (κ1) is 13.9. The molecular weight excluding hydrogens is 260 g/mol. The Hall–Kier alpha value is -1.51. The van der Waals surface area contributed by atoms with E-state index >= 15 is 0 Å². The highest BCUT2D eigenvalue weighted by Gasteiger charge is 2.08. The molecule has 0 fully saturated rings. The first-order valence-electron chi connectivity index (χ1n) is 6.20. The van der Waals surface area contributed by atoms with E-state index in [1.807, 2.05) is 32.0 Å². The molecular formula is C16H17ClO2. The van der Waals surface area contributed by atoms with Gasteiger partial charge in [0.2, 0.25) is 0 Å². The van der Waals surface area contributed by atoms with E-state index in [1.54, 1.807) is 19.1 Å². The summed E-state index contributed by atoms with van der Waals surface area (Å²) in [6.45, 7) is 5.74. The SMILES string of the molecule is Cc1ccc(Oc2ccc(C(C)O)c(Cl)c2)c(C)c1. The average molecular weight is 277 g/mol. The molecule has 0 heterocycles. The summed E-state index contributed by atoms with van der Waals surface area (Å²) in [4.78, 5) is 0. The van der Waals surface area contributed by atoms with Crippen LogP contribution in [0.15, 0.2) is 36.4 Å². The van der Waals surface area contributed by atoms with Crippen LogP contribution in [0.1, 0.15) is 29.7 Å². The zero-order valence-corrected chi connectivity index (χ0v) is 12.0. The molecule has 0 bridgehead atoms. The lowest BCUT2D eigenvalue weighted by molar-refractivity contribution is 0.199. The van der Waals surface area contributed by atoms with Gasteiger partial charge in [-0.3, -0.25) is 0 Å². The Morgan fingerprint density at radius 1 is 1.11 bits per heavy atom. The lowest BCUT2D eigenvalue weighted by atomic mass is 10.1. The van der Waals surface area contributed by atoms with E-state index in [9.17, 15) is 5.11 Å². The van der Waals surface area contributed by atoms with E-state index in [-0.39, 0.29) is 0 Å². The van der Waals surface area contributed by atoms with Gasteiger partial charge in [-0.15, -0.1) is 0 Å². The Bertz CT molecular complexity index is 591. The Labute approximate surface area is 118 Å². The van der Waals surface area contributed by atoms with Crippen LogP contribution in [0, 0.1) is 13.8 Å². The predicted octanol–water partition coefficient (Wildman–Crippen LogP) is 4.80. The van der Waals surface area contributed by atoms with Gasteiger partial charge >= 0.3 is 0 Å². The van der Waals surface area contributed by atoms with Crippen molar-refractivity contribution in [1.82, 2.24) is 0 Å². The van der Waals surface area contributed by atoms with Crippen molar-refractivity contribution in [3.8, 4) is 11.5 Å². The third-order valence-corrected chi connectivity index (χ3v) is 3.31. The molecule has 100 valence electrons. The zero-order valence-electron chi connectivity index (χ0n) is 11.3. The van der Waals surface area contributed by atoms with Gasteiger partial charge in [0, 0.05) is 0 Å². The van der Waals surface area contributed by atoms with Crippen molar-refractivity contribution in [2.45, 2.75) is 26.9 Å². The van der Waals surface area contributed by atoms with Crippen molar-refractivity contribution in [2.24, 2.45) is 0 Å². The van der Waals surface area contributed by atoms with Crippen LogP contribution < -0.4 is 4.74 Å². The highest BCUT2D eigenvalue weighted by Crippen LogP contribution is 2.31. The van der Waals surface area contributed by atoms with Crippen molar-refractivity contribution < 1.29 is 9.84 Å². The molecule has 19 heavy (non-hydrogen) atoms. The van der Waals surface area contributed by atoms with Gasteiger partial charge in [-0.05, 0) is 50.1 Å². The first-order valence-corrected chi connectivity index (χ1v) is 6.58. The summed E-state index contributed by atoms with van der Waals surface area (Å²) in [5, 5.41) is 10.0. The second kappa shape index (κ2) is 5.64. The maximum Gasteiger partial charge on any atom is 0.130 e. The normalized spacial score (nSPS) is 12.3. The van der Waals surface area contributed by atoms with Crippen LogP contribution >= 0.6 is 11.6 Å². The van der Waals surface area contributed by atoms with Crippen molar-refractivity contribution in [3.05, 3.63) is 58.1 Å². The topological polar surface area (TPSA) is 29.5 Å². The molecule has 0 spiro atoms. The van der Waals surface area contributed by atoms with E-state index in [1.165, 1.54) is 5.56 Å². The highest BCUT2D eigenvalue weighted by atomic mass is 35.5. The minimum absolute atomic E-state index is 0.511. The van der Waals surface area contributed by atoms with E-state index in [0.717, 1.165) is 11.3 Å². The maximum absolute atomic E-state index is 9.53. The fourth-order valence-corrected chi connectivity index (χ4v) is 2.28. The third kappa shape index (κ3) is 3.28. The molecule has 0 aliphatic heterocycles. The molecule has 3 heteroatoms. The number of hydrogen-bond acceptors (Lipinski definition) is 2. The van der Waals surface area contributed by atoms with E-state index in [0.29, 0.717) is 16.3 Å². The molecule has 2 rings (SSSR count). The third-order valence-electron chi connectivity index (χ3n) is 2.98. The quantitative estimate of drug-likeness (QED) is 0.872. The molecule has 2 nitrogen and oxygen atoms in total. The van der Waals surface area contributed by atoms with Gasteiger partial charge in [0.1, 0.15) is 11.5 Å². The summed E-state index contributed by atoms with van der Waals surface area (Å²) in [5.74, 6) is 1.48. The van der Waals surface area contributed by atoms with Gasteiger partial charge < -0.3 is 9.84 Å². The number of rotatable bonds is 3. The first-order chi connectivity index (χ1) is 8.97. The number of aryl methyl sites for hydroxylation is 2. The van der Waals surface area contributed by atoms with E-state index < -0.39 is 6.10 Å². The second-order valence-electron chi connectivity index (χ2n) is 4.73. The zero-order chi connectivity index (χ0) is 14.0. The lowest BCUT2D eigenvalue weighted by Crippen LogP contribution is -1.93. The Balaban J connectivity index is 2.26. The fraction of sp³-hybridized carbons (Fsp3) is 0.250. The predicted molar refractivity (Wildman–Crippen MR) is 78.1 cm³/mol. The van der Waals surface area contributed by atoms with Gasteiger partial charge in [-0.1, -0.05) is 35.4 Å². The highest BCUT2D eigenvalue weighted by molar-refractivity contribution is 6.31. The molecule has 1 unspecified atom stereocenters. The van der Waals surface area contributed by atoms with Crippen LogP contribution in [0.4, 0.5) is 0 Å². The average Bonchev–Trinajstić information content (AvgIpc) is 2.32. The fourth-order valence-electron chi connectivity index (χ4n) is 1.95. The molecule has 2 aromatic rings. The smallest absolute Gasteiger partial charge is 0.130 e. The summed E-state index contributed by atoms with van der Waals surface area (Å²) >= 11 is 6.12. The minimum atomic E-state index is -0.581. The molecule has 1 atom stereocenters. The molecule has 0 aliphatic rings. The molecule has 0 radical (unpaired) electrons. The molecule has 1 N–H and O–H groups in total. The number of aliphatic hydroxyl groups excluding tert-OH is 1. The molecule has 2 aromatic carbocycles. The lowest BCUT2D eigenvalue weighted by Gasteiger charge is -2.12. The van der Waals surface area contributed by atoms with Crippen LogP contribution in [0.3, 0.4) is 0 Å². The molecule has 0 aromatic heterocycles. The minimum Gasteiger partial charge on any atom is -0.457 e. The Morgan fingerprint density at radius 3 is 2.42 bits per heavy atom. The number of hydrogen-bond donors (Lipinski definition) is 1. The van der Waals surface area contributed by atoms with Crippen LogP contribution in [0.2, 0.25) is 5.02 Å². The van der Waals surface area contributed by atoms with Crippen molar-refractivity contribution in [2.75, 3.05) is 0 Å². The van der Waals surface area contributed by atoms with Crippen LogP contribution in [-0.2, 0) is 0 Å². The van der Waals surface area contributed by atoms with Gasteiger partial charge in [-0.2, -0.15) is 0 Å². The Kier molecular flexibility index (Phi) is 4.13. The number of aliphatic hydroxyl groups is 1. The molecule has 0 saturated heterocycles. The molecule has 0 amide bonds. The number of ether oxygens (including phenoxy) is 1. The Morgan fingerprint density at radius 2 is 1.84 bits per heavy atom. The van der Waals surface area contributed by atoms with E-state index in [2.05, 4.69) is 6.07 Å². The van der Waals surface area contributed by atoms with Crippen molar-refractivity contribution in [1.29, 1.82) is 0 Å². The standard InChI is InChI=1S/C16H17ClO2/c1-10-4-7-16(11(2)8-10)19-13-5-6-14(12(3)18)15(17)9-13/h4-9,12,18H,1-3H3. The molecule has 0 saturated carbocycles. The number of benzene rings is 2. The van der Waals surface area contributed by atoms with Crippen molar-refractivity contribution in [3.63, 3.8) is 0 Å². The van der Waals surface area contributed by atoms with Gasteiger partial charge in [-0.25, -0.2) is 0 Å². The second-order valence-corrected chi connectivity index (χ2v) is 5.14. The van der Waals surface area contributed by atoms with Gasteiger partial charge in [0.05, 0.1) is 11.1 Å². The summed E-state index contributed by atoms with van der Waals surface area (Å²) in [6, 6.07) is 11.3. The van der Waals surface area contributed by atoms with Gasteiger partial charge in [0.25, 0.3) is 0 Å². The molecule has 0 aliphatic carbocycles. The van der Waals surface area contributed by atoms with Gasteiger partial charge in [0.15, 0.2) is 0 Å². The summed E-state index contributed by atoms with van der Waals surface area (Å²) in [6.07, 6.45) is -0.581. The van der Waals surface area contributed by atoms with Crippen LogP contribution in [0.5, 0.6) is 11.5 Å². The van der Waals surface area contributed by atoms with E-state index in [4.69, 9.17) is 16.3 Å². The monoisotopic (exact) mass is 276 g/mol. The maximum atomic E-state index is 9.53. The summed E-state index contributed by atoms with van der Waals surface area (Å²) < 4.78 is 5.81. The summed E-state index contributed by atoms with van der Waals surface area (Å²) in [7, 11) is 0. The largest absolute Gasteiger partial charge is 0.457 e.